The van der Waals surface area contributed by atoms with E-state index in [-0.39, 0.29) is 25.7 Å². The Morgan fingerprint density at radius 2 is 0.926 bits per heavy atom. The maximum absolute atomic E-state index is 11.9. The van der Waals surface area contributed by atoms with E-state index in [1.807, 2.05) is 0 Å². The first kappa shape index (κ1) is 52.7. The van der Waals surface area contributed by atoms with Gasteiger partial charge in [0.2, 0.25) is 0 Å². The average molecular weight is 784 g/mol. The third-order valence-electron chi connectivity index (χ3n) is 9.76. The Hall–Kier alpha value is -1.28. The number of allylic oxidation sites excluding steroid dienone is 6. The molecule has 0 aliphatic rings. The topological polar surface area (TPSA) is 128 Å². The summed E-state index contributed by atoms with van der Waals surface area (Å²) in [5.41, 5.74) is 5.20. The van der Waals surface area contributed by atoms with Gasteiger partial charge in [0.1, 0.15) is 12.7 Å². The molecule has 0 saturated carbocycles. The van der Waals surface area contributed by atoms with Crippen LogP contribution < -0.4 is 5.73 Å². The number of ether oxygens (including phenoxy) is 1. The van der Waals surface area contributed by atoms with Gasteiger partial charge in [-0.1, -0.05) is 197 Å². The van der Waals surface area contributed by atoms with Crippen molar-refractivity contribution in [1.82, 2.24) is 0 Å². The lowest BCUT2D eigenvalue weighted by Gasteiger charge is -2.15. The smallest absolute Gasteiger partial charge is 0.463 e. The molecule has 0 radical (unpaired) electrons. The van der Waals surface area contributed by atoms with Crippen LogP contribution in [-0.4, -0.2) is 48.4 Å². The van der Waals surface area contributed by atoms with Gasteiger partial charge in [-0.3, -0.25) is 13.8 Å². The van der Waals surface area contributed by atoms with Crippen LogP contribution in [0.15, 0.2) is 36.5 Å². The first-order valence-electron chi connectivity index (χ1n) is 22.5. The van der Waals surface area contributed by atoms with Gasteiger partial charge in [-0.25, -0.2) is 4.57 Å². The molecule has 0 rings (SSSR count). The SMILES string of the molecule is CCCCCCC/C=C\C/C=C\C/C=C\CCCCCCCCCCCCCCCCCCCCCCCCC(=O)OCC(O)COP(=O)(O)OCCN. The number of rotatable bonds is 43. The van der Waals surface area contributed by atoms with E-state index >= 15 is 0 Å². The third kappa shape index (κ3) is 43.4. The number of phosphoric acid groups is 1. The molecule has 0 aromatic rings. The minimum atomic E-state index is -4.25. The van der Waals surface area contributed by atoms with Crippen LogP contribution in [-0.2, 0) is 23.1 Å². The largest absolute Gasteiger partial charge is 0.472 e. The molecular formula is C45H86NO7P. The quantitative estimate of drug-likeness (QED) is 0.0241. The van der Waals surface area contributed by atoms with Crippen LogP contribution in [0.5, 0.6) is 0 Å². The van der Waals surface area contributed by atoms with Crippen LogP contribution >= 0.6 is 7.82 Å². The summed E-state index contributed by atoms with van der Waals surface area (Å²) in [4.78, 5) is 21.2. The molecule has 2 unspecified atom stereocenters. The number of hydrogen-bond donors (Lipinski definition) is 3. The minimum Gasteiger partial charge on any atom is -0.463 e. The van der Waals surface area contributed by atoms with Gasteiger partial charge in [0.25, 0.3) is 0 Å². The van der Waals surface area contributed by atoms with Crippen molar-refractivity contribution >= 4 is 13.8 Å². The van der Waals surface area contributed by atoms with Gasteiger partial charge in [-0.2, -0.15) is 0 Å². The summed E-state index contributed by atoms with van der Waals surface area (Å²) in [6.45, 7) is 1.47. The summed E-state index contributed by atoms with van der Waals surface area (Å²) < 4.78 is 25.8. The van der Waals surface area contributed by atoms with Gasteiger partial charge < -0.3 is 20.5 Å². The Kier molecular flexibility index (Phi) is 41.8. The number of esters is 1. The van der Waals surface area contributed by atoms with Crippen molar-refractivity contribution in [3.63, 3.8) is 0 Å². The molecule has 0 spiro atoms. The first-order chi connectivity index (χ1) is 26.4. The molecule has 0 aliphatic carbocycles. The molecule has 0 aromatic heterocycles. The fraction of sp³-hybridized carbons (Fsp3) is 0.844. The zero-order valence-electron chi connectivity index (χ0n) is 35.0. The third-order valence-corrected chi connectivity index (χ3v) is 10.7. The highest BCUT2D eigenvalue weighted by Gasteiger charge is 2.22. The molecule has 54 heavy (non-hydrogen) atoms. The highest BCUT2D eigenvalue weighted by molar-refractivity contribution is 7.47. The number of unbranched alkanes of at least 4 members (excludes halogenated alkanes) is 27. The Bertz CT molecular complexity index is 926. The summed E-state index contributed by atoms with van der Waals surface area (Å²) in [5, 5.41) is 9.77. The van der Waals surface area contributed by atoms with E-state index in [2.05, 4.69) is 52.4 Å². The van der Waals surface area contributed by atoms with Crippen LogP contribution in [0.4, 0.5) is 0 Å². The van der Waals surface area contributed by atoms with Crippen molar-refractivity contribution in [2.75, 3.05) is 26.4 Å². The first-order valence-corrected chi connectivity index (χ1v) is 24.0. The predicted molar refractivity (Wildman–Crippen MR) is 229 cm³/mol. The van der Waals surface area contributed by atoms with Crippen molar-refractivity contribution in [2.45, 2.75) is 218 Å². The molecule has 8 nitrogen and oxygen atoms in total. The van der Waals surface area contributed by atoms with Gasteiger partial charge in [-0.05, 0) is 44.9 Å². The summed E-state index contributed by atoms with van der Waals surface area (Å²) in [7, 11) is -4.25. The van der Waals surface area contributed by atoms with E-state index in [0.717, 1.165) is 32.1 Å². The lowest BCUT2D eigenvalue weighted by Crippen LogP contribution is -2.23. The standard InChI is InChI=1S/C45H86NO7P/c1-2-3-4-5-6-7-8-9-10-11-12-13-14-15-16-17-18-19-20-21-22-23-24-25-26-27-28-29-30-31-32-33-34-35-36-37-38-39-45(48)51-42-44(47)43-53-54(49,50)52-41-40-46/h8-9,11-12,14-15,44,47H,2-7,10,13,16-43,46H2,1H3,(H,49,50)/b9-8-,12-11-,15-14-. The molecule has 0 saturated heterocycles. The van der Waals surface area contributed by atoms with Gasteiger partial charge >= 0.3 is 13.8 Å². The number of carbonyl (C=O) groups excluding carboxylic acids is 1. The molecule has 318 valence electrons. The summed E-state index contributed by atoms with van der Waals surface area (Å²) in [6, 6.07) is 0. The molecule has 0 aromatic carbocycles. The van der Waals surface area contributed by atoms with Gasteiger partial charge in [0, 0.05) is 13.0 Å². The molecule has 0 aliphatic heterocycles. The van der Waals surface area contributed by atoms with Crippen molar-refractivity contribution in [1.29, 1.82) is 0 Å². The lowest BCUT2D eigenvalue weighted by atomic mass is 10.0. The van der Waals surface area contributed by atoms with Crippen molar-refractivity contribution in [2.24, 2.45) is 5.73 Å². The zero-order chi connectivity index (χ0) is 39.5. The van der Waals surface area contributed by atoms with E-state index in [0.29, 0.717) is 6.42 Å². The van der Waals surface area contributed by atoms with Gasteiger partial charge in [0.15, 0.2) is 0 Å². The molecule has 9 heteroatoms. The molecular weight excluding hydrogens is 697 g/mol. The highest BCUT2D eigenvalue weighted by atomic mass is 31.2. The van der Waals surface area contributed by atoms with E-state index in [4.69, 9.17) is 10.5 Å². The van der Waals surface area contributed by atoms with Gasteiger partial charge in [-0.15, -0.1) is 0 Å². The molecule has 0 heterocycles. The number of nitrogens with two attached hydrogens (primary N) is 1. The Labute approximate surface area is 333 Å². The van der Waals surface area contributed by atoms with Crippen LogP contribution in [0.3, 0.4) is 0 Å². The van der Waals surface area contributed by atoms with E-state index in [1.54, 1.807) is 0 Å². The minimum absolute atomic E-state index is 0.0752. The molecule has 0 amide bonds. The van der Waals surface area contributed by atoms with Crippen molar-refractivity contribution < 1.29 is 33.1 Å². The number of aliphatic hydroxyl groups is 1. The predicted octanol–water partition coefficient (Wildman–Crippen LogP) is 13.2. The fourth-order valence-electron chi connectivity index (χ4n) is 6.41. The Balaban J connectivity index is 3.29. The molecule has 0 bridgehead atoms. The summed E-state index contributed by atoms with van der Waals surface area (Å²) >= 11 is 0. The number of aliphatic hydroxyl groups excluding tert-OH is 1. The number of carbonyl (C=O) groups is 1. The Morgan fingerprint density at radius 1 is 0.556 bits per heavy atom. The van der Waals surface area contributed by atoms with E-state index in [9.17, 15) is 19.4 Å². The monoisotopic (exact) mass is 784 g/mol. The molecule has 2 atom stereocenters. The highest BCUT2D eigenvalue weighted by Crippen LogP contribution is 2.42. The van der Waals surface area contributed by atoms with E-state index < -0.39 is 20.5 Å². The second kappa shape index (κ2) is 42.9. The van der Waals surface area contributed by atoms with Crippen LogP contribution in [0.1, 0.15) is 212 Å². The molecule has 4 N–H and O–H groups in total. The second-order valence-corrected chi connectivity index (χ2v) is 16.6. The summed E-state index contributed by atoms with van der Waals surface area (Å²) in [6.07, 6.45) is 53.5. The number of hydrogen-bond acceptors (Lipinski definition) is 7. The maximum atomic E-state index is 11.9. The zero-order valence-corrected chi connectivity index (χ0v) is 35.9. The van der Waals surface area contributed by atoms with Crippen LogP contribution in [0.25, 0.3) is 0 Å². The maximum Gasteiger partial charge on any atom is 0.472 e. The van der Waals surface area contributed by atoms with Crippen LogP contribution in [0, 0.1) is 0 Å². The molecule has 0 fully saturated rings. The van der Waals surface area contributed by atoms with Crippen molar-refractivity contribution in [3.05, 3.63) is 36.5 Å². The van der Waals surface area contributed by atoms with Crippen LogP contribution in [0.2, 0.25) is 0 Å². The second-order valence-electron chi connectivity index (χ2n) is 15.1. The average Bonchev–Trinajstić information content (AvgIpc) is 3.16. The van der Waals surface area contributed by atoms with Crippen molar-refractivity contribution in [3.8, 4) is 0 Å². The fourth-order valence-corrected chi connectivity index (χ4v) is 7.18. The summed E-state index contributed by atoms with van der Waals surface area (Å²) in [5.74, 6) is -0.381. The Morgan fingerprint density at radius 3 is 1.33 bits per heavy atom. The lowest BCUT2D eigenvalue weighted by molar-refractivity contribution is -0.147. The van der Waals surface area contributed by atoms with E-state index in [1.165, 1.54) is 167 Å². The normalized spacial score (nSPS) is 13.8. The number of phosphoric ester groups is 1. The van der Waals surface area contributed by atoms with Gasteiger partial charge in [0.05, 0.1) is 13.2 Å².